The summed E-state index contributed by atoms with van der Waals surface area (Å²) in [4.78, 5) is 15.2. The molecule has 0 aliphatic carbocycles. The molecule has 0 aromatic carbocycles. The lowest BCUT2D eigenvalue weighted by Crippen LogP contribution is -2.44. The second-order valence-corrected chi connectivity index (χ2v) is 4.64. The summed E-state index contributed by atoms with van der Waals surface area (Å²) < 4.78 is 0. The number of carbonyl (C=O) groups is 1. The van der Waals surface area contributed by atoms with Gasteiger partial charge in [-0.1, -0.05) is 6.92 Å². The number of aliphatic carboxylic acids is 1. The highest BCUT2D eigenvalue weighted by atomic mass is 16.4. The van der Waals surface area contributed by atoms with Crippen LogP contribution in [0.15, 0.2) is 0 Å². The van der Waals surface area contributed by atoms with E-state index in [1.165, 1.54) is 0 Å². The van der Waals surface area contributed by atoms with Gasteiger partial charge in [0.1, 0.15) is 0 Å². The van der Waals surface area contributed by atoms with E-state index in [1.807, 2.05) is 6.92 Å². The molecule has 4 nitrogen and oxygen atoms in total. The van der Waals surface area contributed by atoms with Crippen LogP contribution in [-0.4, -0.2) is 60.6 Å². The van der Waals surface area contributed by atoms with Gasteiger partial charge in [-0.15, -0.1) is 0 Å². The lowest BCUT2D eigenvalue weighted by molar-refractivity contribution is -0.138. The predicted octanol–water partition coefficient (Wildman–Crippen LogP) is 0.735. The molecule has 1 rings (SSSR count). The Kier molecular flexibility index (Phi) is 5.05. The molecule has 4 heteroatoms. The highest BCUT2D eigenvalue weighted by Crippen LogP contribution is 2.09. The SMILES string of the molecule is CC(CCN1CCN(C)CC1)CC(=O)O. The van der Waals surface area contributed by atoms with Crippen LogP contribution < -0.4 is 0 Å². The van der Waals surface area contributed by atoms with Gasteiger partial charge in [0.05, 0.1) is 0 Å². The topological polar surface area (TPSA) is 43.8 Å². The summed E-state index contributed by atoms with van der Waals surface area (Å²) in [7, 11) is 2.14. The average molecular weight is 214 g/mol. The first-order chi connectivity index (χ1) is 7.08. The second kappa shape index (κ2) is 6.08. The maximum atomic E-state index is 10.5. The molecule has 0 aromatic heterocycles. The van der Waals surface area contributed by atoms with Gasteiger partial charge >= 0.3 is 5.97 Å². The first-order valence-electron chi connectivity index (χ1n) is 5.70. The molecule has 88 valence electrons. The minimum absolute atomic E-state index is 0.294. The van der Waals surface area contributed by atoms with Gasteiger partial charge in [0, 0.05) is 32.6 Å². The van der Waals surface area contributed by atoms with Gasteiger partial charge in [0.15, 0.2) is 0 Å². The van der Waals surface area contributed by atoms with Crippen LogP contribution in [0, 0.1) is 5.92 Å². The molecular weight excluding hydrogens is 192 g/mol. The van der Waals surface area contributed by atoms with Gasteiger partial charge in [-0.25, -0.2) is 0 Å². The third-order valence-electron chi connectivity index (χ3n) is 3.06. The molecule has 1 atom stereocenters. The van der Waals surface area contributed by atoms with Gasteiger partial charge in [-0.3, -0.25) is 4.79 Å². The Bertz CT molecular complexity index is 201. The second-order valence-electron chi connectivity index (χ2n) is 4.64. The van der Waals surface area contributed by atoms with E-state index in [4.69, 9.17) is 5.11 Å². The van der Waals surface area contributed by atoms with Crippen molar-refractivity contribution in [3.05, 3.63) is 0 Å². The molecule has 0 spiro atoms. The fourth-order valence-corrected chi connectivity index (χ4v) is 1.87. The zero-order valence-electron chi connectivity index (χ0n) is 9.78. The number of carboxylic acids is 1. The van der Waals surface area contributed by atoms with E-state index < -0.39 is 5.97 Å². The summed E-state index contributed by atoms with van der Waals surface area (Å²) >= 11 is 0. The molecule has 0 radical (unpaired) electrons. The minimum Gasteiger partial charge on any atom is -0.481 e. The molecule has 1 heterocycles. The van der Waals surface area contributed by atoms with Crippen molar-refractivity contribution in [2.45, 2.75) is 19.8 Å². The van der Waals surface area contributed by atoms with E-state index in [2.05, 4.69) is 16.8 Å². The zero-order valence-corrected chi connectivity index (χ0v) is 9.78. The van der Waals surface area contributed by atoms with Gasteiger partial charge in [0.25, 0.3) is 0 Å². The first kappa shape index (κ1) is 12.5. The largest absolute Gasteiger partial charge is 0.481 e. The molecule has 15 heavy (non-hydrogen) atoms. The Morgan fingerprint density at radius 3 is 2.47 bits per heavy atom. The highest BCUT2D eigenvalue weighted by Gasteiger charge is 2.15. The Labute approximate surface area is 91.9 Å². The van der Waals surface area contributed by atoms with E-state index in [1.54, 1.807) is 0 Å². The van der Waals surface area contributed by atoms with E-state index >= 15 is 0 Å². The fourth-order valence-electron chi connectivity index (χ4n) is 1.87. The monoisotopic (exact) mass is 214 g/mol. The summed E-state index contributed by atoms with van der Waals surface area (Å²) in [5, 5.41) is 8.64. The van der Waals surface area contributed by atoms with Crippen molar-refractivity contribution < 1.29 is 9.90 Å². The van der Waals surface area contributed by atoms with Gasteiger partial charge < -0.3 is 14.9 Å². The number of likely N-dealkylation sites (N-methyl/N-ethyl adjacent to an activating group) is 1. The Morgan fingerprint density at radius 1 is 1.33 bits per heavy atom. The Hall–Kier alpha value is -0.610. The highest BCUT2D eigenvalue weighted by molar-refractivity contribution is 5.66. The van der Waals surface area contributed by atoms with Crippen molar-refractivity contribution >= 4 is 5.97 Å². The lowest BCUT2D eigenvalue weighted by atomic mass is 10.0. The zero-order chi connectivity index (χ0) is 11.3. The molecule has 1 aliphatic heterocycles. The number of hydrogen-bond donors (Lipinski definition) is 1. The quantitative estimate of drug-likeness (QED) is 0.733. The Balaban J connectivity index is 2.11. The van der Waals surface area contributed by atoms with E-state index in [-0.39, 0.29) is 0 Å². The molecule has 0 saturated carbocycles. The first-order valence-corrected chi connectivity index (χ1v) is 5.70. The molecule has 0 bridgehead atoms. The van der Waals surface area contributed by atoms with Gasteiger partial charge in [-0.2, -0.15) is 0 Å². The lowest BCUT2D eigenvalue weighted by Gasteiger charge is -2.32. The predicted molar refractivity (Wildman–Crippen MR) is 60.0 cm³/mol. The third-order valence-corrected chi connectivity index (χ3v) is 3.06. The number of carboxylic acid groups (broad SMARTS) is 1. The number of nitrogens with zero attached hydrogens (tertiary/aromatic N) is 2. The molecule has 0 amide bonds. The summed E-state index contributed by atoms with van der Waals surface area (Å²) in [5.41, 5.74) is 0. The summed E-state index contributed by atoms with van der Waals surface area (Å²) in [6, 6.07) is 0. The van der Waals surface area contributed by atoms with Crippen molar-refractivity contribution in [3.63, 3.8) is 0 Å². The maximum absolute atomic E-state index is 10.5. The van der Waals surface area contributed by atoms with Crippen molar-refractivity contribution in [1.82, 2.24) is 9.80 Å². The van der Waals surface area contributed by atoms with Crippen molar-refractivity contribution in [2.75, 3.05) is 39.8 Å². The van der Waals surface area contributed by atoms with E-state index in [9.17, 15) is 4.79 Å². The maximum Gasteiger partial charge on any atom is 0.303 e. The standard InChI is InChI=1S/C11H22N2O2/c1-10(9-11(14)15)3-4-13-7-5-12(2)6-8-13/h10H,3-9H2,1-2H3,(H,14,15). The number of piperazine rings is 1. The van der Waals surface area contributed by atoms with Crippen LogP contribution in [0.5, 0.6) is 0 Å². The van der Waals surface area contributed by atoms with Crippen LogP contribution in [-0.2, 0) is 4.79 Å². The summed E-state index contributed by atoms with van der Waals surface area (Å²) in [5.74, 6) is -0.386. The van der Waals surface area contributed by atoms with Crippen LogP contribution in [0.25, 0.3) is 0 Å². The van der Waals surface area contributed by atoms with Crippen molar-refractivity contribution in [2.24, 2.45) is 5.92 Å². The average Bonchev–Trinajstić information content (AvgIpc) is 2.16. The molecular formula is C11H22N2O2. The Morgan fingerprint density at radius 2 is 1.93 bits per heavy atom. The van der Waals surface area contributed by atoms with Crippen LogP contribution in [0.3, 0.4) is 0 Å². The molecule has 1 aliphatic rings. The van der Waals surface area contributed by atoms with Crippen molar-refractivity contribution in [1.29, 1.82) is 0 Å². The minimum atomic E-state index is -0.680. The molecule has 1 fully saturated rings. The number of hydrogen-bond acceptors (Lipinski definition) is 3. The van der Waals surface area contributed by atoms with Crippen LogP contribution in [0.1, 0.15) is 19.8 Å². The molecule has 0 aromatic rings. The normalized spacial score (nSPS) is 21.5. The smallest absolute Gasteiger partial charge is 0.303 e. The third kappa shape index (κ3) is 5.14. The number of rotatable bonds is 5. The molecule has 1 unspecified atom stereocenters. The van der Waals surface area contributed by atoms with Crippen LogP contribution in [0.2, 0.25) is 0 Å². The van der Waals surface area contributed by atoms with E-state index in [0.717, 1.165) is 39.1 Å². The summed E-state index contributed by atoms with van der Waals surface area (Å²) in [6.07, 6.45) is 1.30. The summed E-state index contributed by atoms with van der Waals surface area (Å²) in [6.45, 7) is 7.57. The fraction of sp³-hybridized carbons (Fsp3) is 0.909. The van der Waals surface area contributed by atoms with Crippen LogP contribution >= 0.6 is 0 Å². The van der Waals surface area contributed by atoms with Gasteiger partial charge in [0.2, 0.25) is 0 Å². The molecule has 1 saturated heterocycles. The molecule has 1 N–H and O–H groups in total. The van der Waals surface area contributed by atoms with Gasteiger partial charge in [-0.05, 0) is 25.9 Å². The van der Waals surface area contributed by atoms with Crippen molar-refractivity contribution in [3.8, 4) is 0 Å². The van der Waals surface area contributed by atoms with Crippen LogP contribution in [0.4, 0.5) is 0 Å². The van der Waals surface area contributed by atoms with E-state index in [0.29, 0.717) is 12.3 Å².